The van der Waals surface area contributed by atoms with Crippen LogP contribution in [0, 0.1) is 6.07 Å². The van der Waals surface area contributed by atoms with Gasteiger partial charge < -0.3 is 4.74 Å². The van der Waals surface area contributed by atoms with Crippen molar-refractivity contribution in [1.82, 2.24) is 4.90 Å². The van der Waals surface area contributed by atoms with Gasteiger partial charge in [0, 0.05) is 6.54 Å². The largest absolute Gasteiger partial charge is 1.00 e. The fourth-order valence-corrected chi connectivity index (χ4v) is 4.25. The molecule has 1 aliphatic heterocycles. The Hall–Kier alpha value is -2.24. The Kier molecular flexibility index (Phi) is 9.04. The van der Waals surface area contributed by atoms with E-state index in [-0.39, 0.29) is 18.9 Å². The molecule has 4 rings (SSSR count). The van der Waals surface area contributed by atoms with Crippen LogP contribution in [-0.2, 0) is 0 Å². The van der Waals surface area contributed by atoms with Crippen LogP contribution < -0.4 is 23.6 Å². The standard InChI is InChI=1S/C28H30NO.Li/c1-2-27(23-11-5-3-6-12-23)28(24-13-7-4-8-14-24)25-15-17-26(18-16-25)30-22-21-29-19-9-10-20-29;/h3-7,11-18H,2,9-10,19-22H2,1H3;/q-1;+1/b28-27-;. The summed E-state index contributed by atoms with van der Waals surface area (Å²) in [6.45, 7) is 6.42. The zero-order valence-corrected chi connectivity index (χ0v) is 18.8. The van der Waals surface area contributed by atoms with Gasteiger partial charge in [0.2, 0.25) is 0 Å². The van der Waals surface area contributed by atoms with E-state index in [4.69, 9.17) is 4.74 Å². The van der Waals surface area contributed by atoms with Gasteiger partial charge in [-0.25, -0.2) is 0 Å². The Bertz CT molecular complexity index is 945. The van der Waals surface area contributed by atoms with E-state index in [9.17, 15) is 0 Å². The fourth-order valence-electron chi connectivity index (χ4n) is 4.25. The summed E-state index contributed by atoms with van der Waals surface area (Å²) >= 11 is 0. The number of likely N-dealkylation sites (tertiary alicyclic amines) is 1. The number of allylic oxidation sites excluding steroid dienone is 1. The minimum Gasteiger partial charge on any atom is -0.492 e. The van der Waals surface area contributed by atoms with Crippen LogP contribution in [0.1, 0.15) is 42.9 Å². The SMILES string of the molecule is CC/C(=C(\c1c[c-]ccc1)c1ccc(OCCN2CCCC2)cc1)c1ccccc1.[Li+]. The van der Waals surface area contributed by atoms with E-state index >= 15 is 0 Å². The van der Waals surface area contributed by atoms with Crippen molar-refractivity contribution in [3.05, 3.63) is 102 Å². The molecule has 1 saturated heterocycles. The Morgan fingerprint density at radius 2 is 1.58 bits per heavy atom. The number of rotatable bonds is 8. The molecule has 0 amide bonds. The summed E-state index contributed by atoms with van der Waals surface area (Å²) < 4.78 is 6.02. The first kappa shape index (κ1) is 23.4. The Morgan fingerprint density at radius 1 is 0.871 bits per heavy atom. The summed E-state index contributed by atoms with van der Waals surface area (Å²) in [4.78, 5) is 2.48. The molecule has 3 aromatic carbocycles. The number of benzene rings is 3. The van der Waals surface area contributed by atoms with Gasteiger partial charge in [0.1, 0.15) is 12.4 Å². The maximum absolute atomic E-state index is 6.02. The van der Waals surface area contributed by atoms with E-state index in [1.165, 1.54) is 53.8 Å². The van der Waals surface area contributed by atoms with Gasteiger partial charge in [-0.3, -0.25) is 4.90 Å². The van der Waals surface area contributed by atoms with Crippen LogP contribution >= 0.6 is 0 Å². The molecule has 0 unspecified atom stereocenters. The predicted molar refractivity (Wildman–Crippen MR) is 126 cm³/mol. The van der Waals surface area contributed by atoms with Crippen molar-refractivity contribution in [3.8, 4) is 5.75 Å². The predicted octanol–water partition coefficient (Wildman–Crippen LogP) is 3.33. The van der Waals surface area contributed by atoms with E-state index < -0.39 is 0 Å². The molecule has 31 heavy (non-hydrogen) atoms. The smallest absolute Gasteiger partial charge is 0.492 e. The van der Waals surface area contributed by atoms with Crippen LogP contribution in [-0.4, -0.2) is 31.1 Å². The maximum Gasteiger partial charge on any atom is 1.00 e. The minimum absolute atomic E-state index is 0. The van der Waals surface area contributed by atoms with Crippen LogP contribution in [0.3, 0.4) is 0 Å². The zero-order valence-electron chi connectivity index (χ0n) is 18.8. The molecule has 1 fully saturated rings. The second kappa shape index (κ2) is 12.0. The van der Waals surface area contributed by atoms with Gasteiger partial charge >= 0.3 is 18.9 Å². The summed E-state index contributed by atoms with van der Waals surface area (Å²) in [6, 6.07) is 30.8. The van der Waals surface area contributed by atoms with Gasteiger partial charge in [-0.1, -0.05) is 55.0 Å². The third-order valence-corrected chi connectivity index (χ3v) is 5.79. The Balaban J connectivity index is 0.00000272. The van der Waals surface area contributed by atoms with Crippen LogP contribution in [0.15, 0.2) is 78.9 Å². The van der Waals surface area contributed by atoms with E-state index in [1.54, 1.807) is 0 Å². The summed E-state index contributed by atoms with van der Waals surface area (Å²) in [6.07, 6.45) is 3.60. The molecule has 2 nitrogen and oxygen atoms in total. The summed E-state index contributed by atoms with van der Waals surface area (Å²) in [5.41, 5.74) is 6.29. The molecule has 0 aliphatic carbocycles. The summed E-state index contributed by atoms with van der Waals surface area (Å²) in [5.74, 6) is 0.940. The third-order valence-electron chi connectivity index (χ3n) is 5.79. The van der Waals surface area contributed by atoms with Crippen molar-refractivity contribution in [2.75, 3.05) is 26.2 Å². The van der Waals surface area contributed by atoms with Crippen molar-refractivity contribution >= 4 is 11.1 Å². The molecule has 154 valence electrons. The van der Waals surface area contributed by atoms with Crippen molar-refractivity contribution < 1.29 is 23.6 Å². The number of hydrogen-bond acceptors (Lipinski definition) is 2. The second-order valence-electron chi connectivity index (χ2n) is 7.79. The zero-order chi connectivity index (χ0) is 20.6. The monoisotopic (exact) mass is 403 g/mol. The van der Waals surface area contributed by atoms with Crippen molar-refractivity contribution in [3.63, 3.8) is 0 Å². The normalized spacial score (nSPS) is 14.6. The van der Waals surface area contributed by atoms with E-state index in [1.807, 2.05) is 6.07 Å². The number of ether oxygens (including phenoxy) is 1. The second-order valence-corrected chi connectivity index (χ2v) is 7.79. The molecule has 3 aromatic rings. The fraction of sp³-hybridized carbons (Fsp3) is 0.286. The van der Waals surface area contributed by atoms with Gasteiger partial charge in [-0.2, -0.15) is 30.3 Å². The van der Waals surface area contributed by atoms with Crippen LogP contribution in [0.2, 0.25) is 0 Å². The van der Waals surface area contributed by atoms with Gasteiger partial charge in [0.25, 0.3) is 0 Å². The summed E-state index contributed by atoms with van der Waals surface area (Å²) in [7, 11) is 0. The van der Waals surface area contributed by atoms with Crippen LogP contribution in [0.25, 0.3) is 11.1 Å². The molecule has 0 saturated carbocycles. The van der Waals surface area contributed by atoms with Crippen molar-refractivity contribution in [1.29, 1.82) is 0 Å². The quantitative estimate of drug-likeness (QED) is 0.325. The average Bonchev–Trinajstić information content (AvgIpc) is 3.33. The molecule has 0 radical (unpaired) electrons. The first-order valence-corrected chi connectivity index (χ1v) is 11.1. The molecule has 0 bridgehead atoms. The molecule has 1 heterocycles. The minimum atomic E-state index is 0. The van der Waals surface area contributed by atoms with Gasteiger partial charge in [0.05, 0.1) is 0 Å². The molecule has 0 aromatic heterocycles. The first-order chi connectivity index (χ1) is 14.8. The molecule has 1 aliphatic rings. The van der Waals surface area contributed by atoms with Gasteiger partial charge in [-0.15, -0.1) is 5.56 Å². The molecule has 0 atom stereocenters. The van der Waals surface area contributed by atoms with Crippen molar-refractivity contribution in [2.24, 2.45) is 0 Å². The van der Waals surface area contributed by atoms with E-state index in [2.05, 4.69) is 90.7 Å². The Morgan fingerprint density at radius 3 is 2.23 bits per heavy atom. The van der Waals surface area contributed by atoms with Gasteiger partial charge in [-0.05, 0) is 61.2 Å². The maximum atomic E-state index is 6.02. The third kappa shape index (κ3) is 6.14. The molecular formula is C28H30LiNO. The topological polar surface area (TPSA) is 12.5 Å². The van der Waals surface area contributed by atoms with Crippen LogP contribution in [0.4, 0.5) is 0 Å². The van der Waals surface area contributed by atoms with Crippen LogP contribution in [0.5, 0.6) is 5.75 Å². The van der Waals surface area contributed by atoms with Crippen molar-refractivity contribution in [2.45, 2.75) is 26.2 Å². The summed E-state index contributed by atoms with van der Waals surface area (Å²) in [5, 5.41) is 0. The average molecular weight is 403 g/mol. The molecular weight excluding hydrogens is 373 g/mol. The van der Waals surface area contributed by atoms with Gasteiger partial charge in [0.15, 0.2) is 0 Å². The number of nitrogens with zero attached hydrogens (tertiary/aromatic N) is 1. The molecule has 3 heteroatoms. The van der Waals surface area contributed by atoms with E-state index in [0.29, 0.717) is 0 Å². The Labute approximate surface area is 199 Å². The molecule has 0 N–H and O–H groups in total. The van der Waals surface area contributed by atoms with E-state index in [0.717, 1.165) is 25.3 Å². The number of hydrogen-bond donors (Lipinski definition) is 0. The molecule has 0 spiro atoms. The first-order valence-electron chi connectivity index (χ1n) is 11.1.